The molecule has 2 aromatic rings. The van der Waals surface area contributed by atoms with Crippen LogP contribution >= 0.6 is 0 Å². The lowest BCUT2D eigenvalue weighted by Crippen LogP contribution is -2.41. The molecule has 0 spiro atoms. The number of rotatable bonds is 5. The Kier molecular flexibility index (Phi) is 5.74. The molecule has 2 N–H and O–H groups in total. The summed E-state index contributed by atoms with van der Waals surface area (Å²) in [6.45, 7) is 1.36. The van der Waals surface area contributed by atoms with Crippen molar-refractivity contribution in [3.05, 3.63) is 48.5 Å². The molecule has 25 heavy (non-hydrogen) atoms. The van der Waals surface area contributed by atoms with E-state index in [1.807, 2.05) is 36.4 Å². The van der Waals surface area contributed by atoms with E-state index in [2.05, 4.69) is 10.6 Å². The number of carbonyl (C=O) groups is 1. The van der Waals surface area contributed by atoms with Crippen molar-refractivity contribution in [1.29, 1.82) is 0 Å². The normalized spacial score (nSPS) is 14.6. The molecule has 6 heteroatoms. The largest absolute Gasteiger partial charge is 0.493 e. The average molecular weight is 342 g/mol. The number of ether oxygens (including phenoxy) is 3. The van der Waals surface area contributed by atoms with Gasteiger partial charge in [-0.3, -0.25) is 0 Å². The molecule has 2 amide bonds. The number of methoxy groups -OCH3 is 1. The summed E-state index contributed by atoms with van der Waals surface area (Å²) in [5.74, 6) is 1.77. The Hall–Kier alpha value is -2.73. The predicted molar refractivity (Wildman–Crippen MR) is 95.5 cm³/mol. The smallest absolute Gasteiger partial charge is 0.319 e. The average Bonchev–Trinajstić information content (AvgIpc) is 2.64. The lowest BCUT2D eigenvalue weighted by molar-refractivity contribution is 0.0806. The van der Waals surface area contributed by atoms with Gasteiger partial charge in [-0.25, -0.2) is 4.79 Å². The fourth-order valence-electron chi connectivity index (χ4n) is 2.67. The Morgan fingerprint density at radius 1 is 1.00 bits per heavy atom. The lowest BCUT2D eigenvalue weighted by atomic mass is 10.1. The second-order valence-corrected chi connectivity index (χ2v) is 5.73. The zero-order valence-electron chi connectivity index (χ0n) is 14.2. The van der Waals surface area contributed by atoms with Crippen LogP contribution in [0.2, 0.25) is 0 Å². The molecule has 1 aliphatic rings. The van der Waals surface area contributed by atoms with Crippen LogP contribution in [-0.4, -0.2) is 32.4 Å². The third kappa shape index (κ3) is 4.64. The molecule has 0 unspecified atom stereocenters. The molecule has 0 saturated carbocycles. The Morgan fingerprint density at radius 3 is 2.36 bits per heavy atom. The van der Waals surface area contributed by atoms with Crippen LogP contribution in [0.4, 0.5) is 10.5 Å². The summed E-state index contributed by atoms with van der Waals surface area (Å²) >= 11 is 0. The first-order valence-corrected chi connectivity index (χ1v) is 8.31. The Labute approximate surface area is 147 Å². The highest BCUT2D eigenvalue weighted by molar-refractivity contribution is 5.91. The summed E-state index contributed by atoms with van der Waals surface area (Å²) in [6.07, 6.45) is 1.65. The molecule has 0 atom stereocenters. The summed E-state index contributed by atoms with van der Waals surface area (Å²) in [5, 5.41) is 5.83. The van der Waals surface area contributed by atoms with Gasteiger partial charge in [0, 0.05) is 19.3 Å². The highest BCUT2D eigenvalue weighted by atomic mass is 16.5. The van der Waals surface area contributed by atoms with Gasteiger partial charge in [0.1, 0.15) is 0 Å². The van der Waals surface area contributed by atoms with Crippen molar-refractivity contribution >= 4 is 11.7 Å². The van der Waals surface area contributed by atoms with Gasteiger partial charge in [0.25, 0.3) is 0 Å². The molecule has 2 aromatic carbocycles. The summed E-state index contributed by atoms with van der Waals surface area (Å²) < 4.78 is 16.5. The number of benzene rings is 2. The van der Waals surface area contributed by atoms with E-state index in [-0.39, 0.29) is 12.1 Å². The first-order chi connectivity index (χ1) is 12.3. The molecule has 0 aromatic heterocycles. The van der Waals surface area contributed by atoms with Crippen LogP contribution in [0.5, 0.6) is 17.2 Å². The molecular weight excluding hydrogens is 320 g/mol. The highest BCUT2D eigenvalue weighted by Gasteiger charge is 2.17. The first-order valence-electron chi connectivity index (χ1n) is 8.31. The van der Waals surface area contributed by atoms with Crippen LogP contribution in [0.25, 0.3) is 0 Å². The van der Waals surface area contributed by atoms with Gasteiger partial charge in [0.05, 0.1) is 12.8 Å². The van der Waals surface area contributed by atoms with Crippen LogP contribution in [0.15, 0.2) is 48.5 Å². The van der Waals surface area contributed by atoms with Crippen molar-refractivity contribution in [2.75, 3.05) is 25.6 Å². The van der Waals surface area contributed by atoms with Gasteiger partial charge < -0.3 is 24.8 Å². The number of anilines is 1. The van der Waals surface area contributed by atoms with E-state index in [0.29, 0.717) is 36.1 Å². The number of hydrogen-bond donors (Lipinski definition) is 2. The second-order valence-electron chi connectivity index (χ2n) is 5.73. The Balaban J connectivity index is 1.69. The van der Waals surface area contributed by atoms with Crippen molar-refractivity contribution in [3.63, 3.8) is 0 Å². The molecule has 0 bridgehead atoms. The number of nitrogens with one attached hydrogen (secondary N) is 2. The zero-order valence-corrected chi connectivity index (χ0v) is 14.2. The molecule has 132 valence electrons. The SMILES string of the molecule is COc1ccccc1Oc1ccccc1NC(=O)NC1CCOCC1. The van der Waals surface area contributed by atoms with Crippen LogP contribution in [0.1, 0.15) is 12.8 Å². The Morgan fingerprint density at radius 2 is 1.64 bits per heavy atom. The fraction of sp³-hybridized carbons (Fsp3) is 0.316. The first kappa shape index (κ1) is 17.1. The van der Waals surface area contributed by atoms with Crippen LogP contribution < -0.4 is 20.1 Å². The predicted octanol–water partition coefficient (Wildman–Crippen LogP) is 3.79. The van der Waals surface area contributed by atoms with Crippen molar-refractivity contribution < 1.29 is 19.0 Å². The highest BCUT2D eigenvalue weighted by Crippen LogP contribution is 2.34. The van der Waals surface area contributed by atoms with Gasteiger partial charge >= 0.3 is 6.03 Å². The van der Waals surface area contributed by atoms with Gasteiger partial charge in [-0.2, -0.15) is 0 Å². The fourth-order valence-corrected chi connectivity index (χ4v) is 2.67. The lowest BCUT2D eigenvalue weighted by Gasteiger charge is -2.23. The van der Waals surface area contributed by atoms with Crippen molar-refractivity contribution in [2.24, 2.45) is 0 Å². The number of urea groups is 1. The minimum atomic E-state index is -0.247. The standard InChI is InChI=1S/C19H22N2O4/c1-23-17-8-4-5-9-18(17)25-16-7-3-2-6-15(16)21-19(22)20-14-10-12-24-13-11-14/h2-9,14H,10-13H2,1H3,(H2,20,21,22). The topological polar surface area (TPSA) is 68.8 Å². The zero-order chi connectivity index (χ0) is 17.5. The van der Waals surface area contributed by atoms with E-state index in [9.17, 15) is 4.79 Å². The summed E-state index contributed by atoms with van der Waals surface area (Å²) in [6, 6.07) is 14.6. The van der Waals surface area contributed by atoms with Gasteiger partial charge in [-0.15, -0.1) is 0 Å². The van der Waals surface area contributed by atoms with Crippen LogP contribution in [0.3, 0.4) is 0 Å². The maximum absolute atomic E-state index is 12.3. The minimum Gasteiger partial charge on any atom is -0.493 e. The maximum Gasteiger partial charge on any atom is 0.319 e. The van der Waals surface area contributed by atoms with Gasteiger partial charge in [-0.1, -0.05) is 24.3 Å². The Bertz CT molecular complexity index is 714. The van der Waals surface area contributed by atoms with E-state index >= 15 is 0 Å². The molecule has 3 rings (SSSR count). The van der Waals surface area contributed by atoms with E-state index in [4.69, 9.17) is 14.2 Å². The van der Waals surface area contributed by atoms with E-state index in [1.54, 1.807) is 19.2 Å². The van der Waals surface area contributed by atoms with Gasteiger partial charge in [-0.05, 0) is 37.1 Å². The van der Waals surface area contributed by atoms with E-state index in [0.717, 1.165) is 12.8 Å². The monoisotopic (exact) mass is 342 g/mol. The van der Waals surface area contributed by atoms with E-state index in [1.165, 1.54) is 0 Å². The van der Waals surface area contributed by atoms with Crippen molar-refractivity contribution in [2.45, 2.75) is 18.9 Å². The number of carbonyl (C=O) groups excluding carboxylic acids is 1. The summed E-state index contributed by atoms with van der Waals surface area (Å²) in [4.78, 5) is 12.3. The molecule has 6 nitrogen and oxygen atoms in total. The molecular formula is C19H22N2O4. The van der Waals surface area contributed by atoms with Gasteiger partial charge in [0.2, 0.25) is 0 Å². The minimum absolute atomic E-state index is 0.135. The third-order valence-electron chi connectivity index (χ3n) is 3.98. The van der Waals surface area contributed by atoms with Crippen LogP contribution in [0, 0.1) is 0 Å². The second kappa shape index (κ2) is 8.39. The van der Waals surface area contributed by atoms with Crippen LogP contribution in [-0.2, 0) is 4.74 Å². The number of hydrogen-bond acceptors (Lipinski definition) is 4. The summed E-state index contributed by atoms with van der Waals surface area (Å²) in [5.41, 5.74) is 0.595. The van der Waals surface area contributed by atoms with Crippen molar-refractivity contribution in [3.8, 4) is 17.2 Å². The van der Waals surface area contributed by atoms with Crippen molar-refractivity contribution in [1.82, 2.24) is 5.32 Å². The molecule has 1 fully saturated rings. The third-order valence-corrected chi connectivity index (χ3v) is 3.98. The molecule has 1 heterocycles. The number of amides is 2. The quantitative estimate of drug-likeness (QED) is 0.867. The molecule has 1 aliphatic heterocycles. The molecule has 1 saturated heterocycles. The van der Waals surface area contributed by atoms with E-state index < -0.39 is 0 Å². The molecule has 0 aliphatic carbocycles. The van der Waals surface area contributed by atoms with Gasteiger partial charge in [0.15, 0.2) is 17.2 Å². The molecule has 0 radical (unpaired) electrons. The maximum atomic E-state index is 12.3. The number of para-hydroxylation sites is 4. The summed E-state index contributed by atoms with van der Waals surface area (Å²) in [7, 11) is 1.59.